The molecular formula is C10H9N5. The van der Waals surface area contributed by atoms with Crippen LogP contribution in [0.5, 0.6) is 0 Å². The maximum Gasteiger partial charge on any atom is 0.252 e. The van der Waals surface area contributed by atoms with Gasteiger partial charge in [-0.1, -0.05) is 12.1 Å². The molecule has 1 aromatic carbocycles. The molecule has 0 atom stereocenters. The van der Waals surface area contributed by atoms with Crippen molar-refractivity contribution in [3.05, 3.63) is 42.0 Å². The maximum atomic E-state index is 8.58. The number of hydrogen-bond acceptors (Lipinski definition) is 4. The van der Waals surface area contributed by atoms with Gasteiger partial charge in [-0.2, -0.15) is 5.26 Å². The van der Waals surface area contributed by atoms with Gasteiger partial charge in [0.25, 0.3) is 5.82 Å². The highest BCUT2D eigenvalue weighted by molar-refractivity contribution is 5.33. The Morgan fingerprint density at radius 2 is 2.07 bits per heavy atom. The number of nitriles is 1. The number of aromatic nitrogens is 3. The van der Waals surface area contributed by atoms with Gasteiger partial charge in [0.15, 0.2) is 0 Å². The van der Waals surface area contributed by atoms with E-state index in [0.717, 1.165) is 11.3 Å². The van der Waals surface area contributed by atoms with Crippen LogP contribution in [0.15, 0.2) is 30.6 Å². The molecule has 2 aromatic rings. The van der Waals surface area contributed by atoms with Crippen LogP contribution in [0.2, 0.25) is 0 Å². The zero-order valence-corrected chi connectivity index (χ0v) is 7.96. The molecule has 0 amide bonds. The van der Waals surface area contributed by atoms with Crippen molar-refractivity contribution in [1.29, 1.82) is 5.26 Å². The van der Waals surface area contributed by atoms with E-state index in [4.69, 9.17) is 11.0 Å². The van der Waals surface area contributed by atoms with Crippen molar-refractivity contribution < 1.29 is 0 Å². The molecule has 0 aliphatic carbocycles. The molecule has 0 unspecified atom stereocenters. The third-order valence-electron chi connectivity index (χ3n) is 2.03. The lowest BCUT2D eigenvalue weighted by Gasteiger charge is -2.00. The highest BCUT2D eigenvalue weighted by Crippen LogP contribution is 2.07. The Morgan fingerprint density at radius 1 is 1.33 bits per heavy atom. The van der Waals surface area contributed by atoms with Gasteiger partial charge in [0, 0.05) is 6.54 Å². The predicted octanol–water partition coefficient (Wildman–Crippen LogP) is 0.598. The molecule has 1 heterocycles. The Kier molecular flexibility index (Phi) is 2.44. The van der Waals surface area contributed by atoms with Crippen molar-refractivity contribution in [3.63, 3.8) is 0 Å². The van der Waals surface area contributed by atoms with Crippen LogP contribution in [0.4, 0.5) is 0 Å². The van der Waals surface area contributed by atoms with Gasteiger partial charge in [-0.25, -0.2) is 9.67 Å². The molecule has 5 heteroatoms. The van der Waals surface area contributed by atoms with Crippen LogP contribution in [-0.2, 0) is 6.54 Å². The zero-order chi connectivity index (χ0) is 10.7. The largest absolute Gasteiger partial charge is 0.326 e. The fraction of sp³-hybridized carbons (Fsp3) is 0.100. The van der Waals surface area contributed by atoms with Crippen molar-refractivity contribution >= 4 is 0 Å². The number of nitrogens with zero attached hydrogens (tertiary/aromatic N) is 4. The summed E-state index contributed by atoms with van der Waals surface area (Å²) >= 11 is 0. The second-order valence-corrected chi connectivity index (χ2v) is 3.00. The van der Waals surface area contributed by atoms with Crippen molar-refractivity contribution in [3.8, 4) is 11.8 Å². The molecular weight excluding hydrogens is 190 g/mol. The Balaban J connectivity index is 2.33. The van der Waals surface area contributed by atoms with Gasteiger partial charge in [0.1, 0.15) is 12.4 Å². The maximum absolute atomic E-state index is 8.58. The van der Waals surface area contributed by atoms with E-state index in [-0.39, 0.29) is 5.82 Å². The summed E-state index contributed by atoms with van der Waals surface area (Å²) in [5.74, 6) is 0.165. The van der Waals surface area contributed by atoms with E-state index in [1.165, 1.54) is 6.33 Å². The highest BCUT2D eigenvalue weighted by atomic mass is 15.3. The van der Waals surface area contributed by atoms with E-state index >= 15 is 0 Å². The van der Waals surface area contributed by atoms with Crippen LogP contribution in [0, 0.1) is 11.3 Å². The van der Waals surface area contributed by atoms with E-state index < -0.39 is 0 Å². The Bertz CT molecular complexity index is 491. The number of benzene rings is 1. The minimum atomic E-state index is 0.165. The number of hydrogen-bond donors (Lipinski definition) is 1. The Labute approximate surface area is 86.8 Å². The van der Waals surface area contributed by atoms with Gasteiger partial charge < -0.3 is 5.73 Å². The summed E-state index contributed by atoms with van der Waals surface area (Å²) in [6, 6.07) is 9.49. The van der Waals surface area contributed by atoms with E-state index in [1.54, 1.807) is 4.68 Å². The fourth-order valence-corrected chi connectivity index (χ4v) is 1.22. The topological polar surface area (TPSA) is 80.5 Å². The van der Waals surface area contributed by atoms with Gasteiger partial charge >= 0.3 is 0 Å². The summed E-state index contributed by atoms with van der Waals surface area (Å²) in [5, 5.41) is 12.5. The molecule has 0 aliphatic heterocycles. The standard InChI is InChI=1S/C10H9N5/c11-5-8-1-3-9(4-2-8)15-7-13-10(6-12)14-15/h1-4,7H,5,11H2. The second-order valence-electron chi connectivity index (χ2n) is 3.00. The summed E-state index contributed by atoms with van der Waals surface area (Å²) in [6.07, 6.45) is 1.51. The minimum absolute atomic E-state index is 0.165. The van der Waals surface area contributed by atoms with Crippen molar-refractivity contribution in [2.75, 3.05) is 0 Å². The lowest BCUT2D eigenvalue weighted by atomic mass is 10.2. The first kappa shape index (κ1) is 9.37. The molecule has 0 saturated heterocycles. The quantitative estimate of drug-likeness (QED) is 0.767. The first-order valence-corrected chi connectivity index (χ1v) is 4.44. The van der Waals surface area contributed by atoms with Gasteiger partial charge in [-0.15, -0.1) is 5.10 Å². The monoisotopic (exact) mass is 199 g/mol. The highest BCUT2D eigenvalue weighted by Gasteiger charge is 2.00. The first-order valence-electron chi connectivity index (χ1n) is 4.44. The summed E-state index contributed by atoms with van der Waals surface area (Å²) < 4.78 is 1.55. The summed E-state index contributed by atoms with van der Waals surface area (Å²) in [6.45, 7) is 0.515. The Morgan fingerprint density at radius 3 is 2.60 bits per heavy atom. The minimum Gasteiger partial charge on any atom is -0.326 e. The summed E-state index contributed by atoms with van der Waals surface area (Å²) in [5.41, 5.74) is 7.40. The molecule has 2 N–H and O–H groups in total. The molecule has 2 rings (SSSR count). The smallest absolute Gasteiger partial charge is 0.252 e. The van der Waals surface area contributed by atoms with Crippen LogP contribution in [0.1, 0.15) is 11.4 Å². The zero-order valence-electron chi connectivity index (χ0n) is 7.96. The lowest BCUT2D eigenvalue weighted by molar-refractivity contribution is 0.871. The van der Waals surface area contributed by atoms with Gasteiger partial charge in [0.2, 0.25) is 0 Å². The lowest BCUT2D eigenvalue weighted by Crippen LogP contribution is -1.98. The molecule has 0 aliphatic rings. The van der Waals surface area contributed by atoms with Crippen molar-refractivity contribution in [2.24, 2.45) is 5.73 Å². The van der Waals surface area contributed by atoms with Crippen molar-refractivity contribution in [1.82, 2.24) is 14.8 Å². The van der Waals surface area contributed by atoms with E-state index in [1.807, 2.05) is 30.3 Å². The van der Waals surface area contributed by atoms with Crippen LogP contribution in [0.3, 0.4) is 0 Å². The van der Waals surface area contributed by atoms with Gasteiger partial charge in [-0.3, -0.25) is 0 Å². The molecule has 0 saturated carbocycles. The predicted molar refractivity (Wildman–Crippen MR) is 54.0 cm³/mol. The van der Waals surface area contributed by atoms with Crippen LogP contribution in [0.25, 0.3) is 5.69 Å². The van der Waals surface area contributed by atoms with Crippen molar-refractivity contribution in [2.45, 2.75) is 6.54 Å². The molecule has 0 radical (unpaired) electrons. The number of nitrogens with two attached hydrogens (primary N) is 1. The number of rotatable bonds is 2. The molecule has 0 spiro atoms. The normalized spacial score (nSPS) is 9.87. The molecule has 5 nitrogen and oxygen atoms in total. The average Bonchev–Trinajstić information content (AvgIpc) is 2.78. The third kappa shape index (κ3) is 1.85. The first-order chi connectivity index (χ1) is 7.33. The molecule has 74 valence electrons. The van der Waals surface area contributed by atoms with Gasteiger partial charge in [-0.05, 0) is 17.7 Å². The van der Waals surface area contributed by atoms with Crippen LogP contribution < -0.4 is 5.73 Å². The third-order valence-corrected chi connectivity index (χ3v) is 2.03. The molecule has 15 heavy (non-hydrogen) atoms. The molecule has 0 fully saturated rings. The summed E-state index contributed by atoms with van der Waals surface area (Å²) in [4.78, 5) is 3.82. The average molecular weight is 199 g/mol. The van der Waals surface area contributed by atoms with E-state index in [2.05, 4.69) is 10.1 Å². The van der Waals surface area contributed by atoms with Crippen LogP contribution >= 0.6 is 0 Å². The molecule has 0 bridgehead atoms. The van der Waals surface area contributed by atoms with Gasteiger partial charge in [0.05, 0.1) is 5.69 Å². The fourth-order valence-electron chi connectivity index (χ4n) is 1.22. The van der Waals surface area contributed by atoms with E-state index in [9.17, 15) is 0 Å². The Hall–Kier alpha value is -2.19. The van der Waals surface area contributed by atoms with Crippen LogP contribution in [-0.4, -0.2) is 14.8 Å². The SMILES string of the molecule is N#Cc1ncn(-c2ccc(CN)cc2)n1. The molecule has 1 aromatic heterocycles. The second kappa shape index (κ2) is 3.90. The van der Waals surface area contributed by atoms with E-state index in [0.29, 0.717) is 6.54 Å². The summed E-state index contributed by atoms with van der Waals surface area (Å²) in [7, 11) is 0.